The van der Waals surface area contributed by atoms with Crippen molar-refractivity contribution in [2.75, 3.05) is 19.7 Å². The first kappa shape index (κ1) is 21.3. The topological polar surface area (TPSA) is 69.4 Å². The minimum atomic E-state index is -4.45. The SMILES string of the molecule is Cc1cn(-c2ccc3n(c2=O)CCN(CC2CCOc4ccc(C(F)(F)F)cc42)C3=O)cn1. The number of rotatable bonds is 3. The molecule has 4 heterocycles. The number of halogens is 3. The number of alkyl halides is 3. The van der Waals surface area contributed by atoms with Crippen LogP contribution >= 0.6 is 0 Å². The number of aryl methyl sites for hydroxylation is 1. The summed E-state index contributed by atoms with van der Waals surface area (Å²) in [4.78, 5) is 31.9. The third-order valence-corrected chi connectivity index (χ3v) is 6.19. The second kappa shape index (κ2) is 7.79. The van der Waals surface area contributed by atoms with Crippen LogP contribution in [0.4, 0.5) is 13.2 Å². The van der Waals surface area contributed by atoms with E-state index in [1.807, 2.05) is 6.92 Å². The van der Waals surface area contributed by atoms with Gasteiger partial charge in [0.25, 0.3) is 11.5 Å². The van der Waals surface area contributed by atoms with Gasteiger partial charge in [-0.15, -0.1) is 0 Å². The van der Waals surface area contributed by atoms with Gasteiger partial charge in [0, 0.05) is 31.7 Å². The number of ether oxygens (including phenoxy) is 1. The predicted octanol–water partition coefficient (Wildman–Crippen LogP) is 3.38. The predicted molar refractivity (Wildman–Crippen MR) is 113 cm³/mol. The first-order chi connectivity index (χ1) is 15.7. The number of pyridine rings is 1. The normalized spacial score (nSPS) is 18.0. The molecule has 0 radical (unpaired) electrons. The lowest BCUT2D eigenvalue weighted by Crippen LogP contribution is -2.46. The average Bonchev–Trinajstić information content (AvgIpc) is 3.21. The zero-order chi connectivity index (χ0) is 23.3. The van der Waals surface area contributed by atoms with Gasteiger partial charge in [0.2, 0.25) is 0 Å². The number of amides is 1. The Bertz CT molecular complexity index is 1290. The van der Waals surface area contributed by atoms with Crippen molar-refractivity contribution in [3.8, 4) is 11.4 Å². The fourth-order valence-electron chi connectivity index (χ4n) is 4.48. The summed E-state index contributed by atoms with van der Waals surface area (Å²) in [5.74, 6) is -0.182. The molecule has 2 aromatic heterocycles. The average molecular weight is 458 g/mol. The van der Waals surface area contributed by atoms with Crippen LogP contribution in [0.1, 0.15) is 39.6 Å². The molecule has 172 valence electrons. The van der Waals surface area contributed by atoms with Gasteiger partial charge in [0.05, 0.1) is 24.2 Å². The van der Waals surface area contributed by atoms with E-state index in [0.717, 1.165) is 17.8 Å². The molecule has 0 bridgehead atoms. The number of carbonyl (C=O) groups excluding carboxylic acids is 1. The molecule has 0 saturated heterocycles. The molecule has 10 heteroatoms. The van der Waals surface area contributed by atoms with E-state index in [0.29, 0.717) is 43.1 Å². The number of hydrogen-bond acceptors (Lipinski definition) is 4. The van der Waals surface area contributed by atoms with Gasteiger partial charge in [-0.2, -0.15) is 13.2 Å². The standard InChI is InChI=1S/C23H21F3N4O3/c1-14-11-29(13-27-14)18-3-4-19-21(31)28(7-8-30(19)22(18)32)12-15-6-9-33-20-5-2-16(10-17(15)20)23(24,25)26/h2-5,10-11,13,15H,6-9,12H2,1H3. The first-order valence-corrected chi connectivity index (χ1v) is 10.6. The van der Waals surface area contributed by atoms with Gasteiger partial charge in [-0.25, -0.2) is 4.98 Å². The molecule has 0 N–H and O–H groups in total. The Labute approximate surface area is 187 Å². The molecule has 3 aromatic rings. The van der Waals surface area contributed by atoms with Gasteiger partial charge in [-0.1, -0.05) is 0 Å². The summed E-state index contributed by atoms with van der Waals surface area (Å²) in [5, 5.41) is 0. The Balaban J connectivity index is 1.42. The van der Waals surface area contributed by atoms with Crippen LogP contribution in [0, 0.1) is 6.92 Å². The molecule has 1 amide bonds. The molecule has 0 spiro atoms. The summed E-state index contributed by atoms with van der Waals surface area (Å²) in [7, 11) is 0. The highest BCUT2D eigenvalue weighted by atomic mass is 19.4. The van der Waals surface area contributed by atoms with Crippen LogP contribution in [-0.4, -0.2) is 44.6 Å². The van der Waals surface area contributed by atoms with Crippen molar-refractivity contribution < 1.29 is 22.7 Å². The monoisotopic (exact) mass is 458 g/mol. The van der Waals surface area contributed by atoms with E-state index >= 15 is 0 Å². The second-order valence-corrected chi connectivity index (χ2v) is 8.32. The molecule has 2 aliphatic heterocycles. The van der Waals surface area contributed by atoms with Gasteiger partial charge in [0.1, 0.15) is 17.1 Å². The molecule has 7 nitrogen and oxygen atoms in total. The Morgan fingerprint density at radius 3 is 2.70 bits per heavy atom. The minimum Gasteiger partial charge on any atom is -0.493 e. The molecule has 0 aliphatic carbocycles. The van der Waals surface area contributed by atoms with E-state index < -0.39 is 11.7 Å². The van der Waals surface area contributed by atoms with Crippen LogP contribution in [0.3, 0.4) is 0 Å². The second-order valence-electron chi connectivity index (χ2n) is 8.32. The smallest absolute Gasteiger partial charge is 0.416 e. The summed E-state index contributed by atoms with van der Waals surface area (Å²) in [6.07, 6.45) is -0.667. The largest absolute Gasteiger partial charge is 0.493 e. The van der Waals surface area contributed by atoms with E-state index in [1.54, 1.807) is 34.1 Å². The van der Waals surface area contributed by atoms with E-state index in [1.165, 1.54) is 10.6 Å². The number of benzene rings is 1. The van der Waals surface area contributed by atoms with E-state index in [2.05, 4.69) is 4.98 Å². The van der Waals surface area contributed by atoms with Crippen molar-refractivity contribution in [2.24, 2.45) is 0 Å². The fourth-order valence-corrected chi connectivity index (χ4v) is 4.48. The summed E-state index contributed by atoms with van der Waals surface area (Å²) < 4.78 is 48.3. The van der Waals surface area contributed by atoms with E-state index in [-0.39, 0.29) is 29.6 Å². The highest BCUT2D eigenvalue weighted by Gasteiger charge is 2.35. The lowest BCUT2D eigenvalue weighted by Gasteiger charge is -2.35. The maximum absolute atomic E-state index is 13.2. The Morgan fingerprint density at radius 1 is 1.15 bits per heavy atom. The molecule has 1 unspecified atom stereocenters. The van der Waals surface area contributed by atoms with Crippen LogP contribution in [0.25, 0.3) is 5.69 Å². The zero-order valence-electron chi connectivity index (χ0n) is 17.8. The molecule has 0 saturated carbocycles. The molecular formula is C23H21F3N4O3. The van der Waals surface area contributed by atoms with Crippen molar-refractivity contribution in [1.82, 2.24) is 19.0 Å². The summed E-state index contributed by atoms with van der Waals surface area (Å²) in [6, 6.07) is 6.67. The Hall–Kier alpha value is -3.56. The molecule has 1 atom stereocenters. The third kappa shape index (κ3) is 3.79. The minimum absolute atomic E-state index is 0.257. The van der Waals surface area contributed by atoms with Crippen molar-refractivity contribution in [3.63, 3.8) is 0 Å². The molecule has 1 aromatic carbocycles. The number of hydrogen-bond donors (Lipinski definition) is 0. The van der Waals surface area contributed by atoms with Crippen LogP contribution in [0.2, 0.25) is 0 Å². The first-order valence-electron chi connectivity index (χ1n) is 10.6. The molecule has 2 aliphatic rings. The van der Waals surface area contributed by atoms with Crippen molar-refractivity contribution in [1.29, 1.82) is 0 Å². The fraction of sp³-hybridized carbons (Fsp3) is 0.348. The van der Waals surface area contributed by atoms with Crippen LogP contribution < -0.4 is 10.3 Å². The Kier molecular flexibility index (Phi) is 5.02. The third-order valence-electron chi connectivity index (χ3n) is 6.19. The van der Waals surface area contributed by atoms with Crippen LogP contribution in [0.15, 0.2) is 47.7 Å². The Morgan fingerprint density at radius 2 is 1.97 bits per heavy atom. The molecule has 33 heavy (non-hydrogen) atoms. The zero-order valence-corrected chi connectivity index (χ0v) is 17.8. The lowest BCUT2D eigenvalue weighted by atomic mass is 9.90. The highest BCUT2D eigenvalue weighted by molar-refractivity contribution is 5.93. The molecule has 5 rings (SSSR count). The summed E-state index contributed by atoms with van der Waals surface area (Å²) in [5.41, 5.74) is 0.870. The van der Waals surface area contributed by atoms with Crippen molar-refractivity contribution in [3.05, 3.63) is 75.7 Å². The summed E-state index contributed by atoms with van der Waals surface area (Å²) >= 11 is 0. The summed E-state index contributed by atoms with van der Waals surface area (Å²) in [6.45, 7) is 3.05. The van der Waals surface area contributed by atoms with Gasteiger partial charge in [-0.05, 0) is 49.2 Å². The maximum atomic E-state index is 13.2. The van der Waals surface area contributed by atoms with Crippen molar-refractivity contribution >= 4 is 5.91 Å². The van der Waals surface area contributed by atoms with Gasteiger partial charge in [0.15, 0.2) is 0 Å². The molecular weight excluding hydrogens is 437 g/mol. The lowest BCUT2D eigenvalue weighted by molar-refractivity contribution is -0.137. The number of aromatic nitrogens is 3. The number of imidazole rings is 1. The number of nitrogens with zero attached hydrogens (tertiary/aromatic N) is 4. The van der Waals surface area contributed by atoms with Crippen molar-refractivity contribution in [2.45, 2.75) is 32.0 Å². The van der Waals surface area contributed by atoms with Crippen LogP contribution in [-0.2, 0) is 12.7 Å². The maximum Gasteiger partial charge on any atom is 0.416 e. The van der Waals surface area contributed by atoms with Gasteiger partial charge in [-0.3, -0.25) is 9.59 Å². The van der Waals surface area contributed by atoms with Gasteiger partial charge >= 0.3 is 6.18 Å². The van der Waals surface area contributed by atoms with Gasteiger partial charge < -0.3 is 18.8 Å². The number of fused-ring (bicyclic) bond motifs is 2. The quantitative estimate of drug-likeness (QED) is 0.604. The highest BCUT2D eigenvalue weighted by Crippen LogP contribution is 2.39. The van der Waals surface area contributed by atoms with E-state index in [4.69, 9.17) is 4.74 Å². The molecule has 0 fully saturated rings. The van der Waals surface area contributed by atoms with Crippen LogP contribution in [0.5, 0.6) is 5.75 Å². The van der Waals surface area contributed by atoms with E-state index in [9.17, 15) is 22.8 Å². The number of carbonyl (C=O) groups is 1.